The monoisotopic (exact) mass is 260 g/mol. The third-order valence-electron chi connectivity index (χ3n) is 2.50. The van der Waals surface area contributed by atoms with Gasteiger partial charge in [-0.2, -0.15) is 9.97 Å². The Morgan fingerprint density at radius 2 is 2.00 bits per heavy atom. The molecule has 0 amide bonds. The molecule has 2 rings (SSSR count). The first kappa shape index (κ1) is 12.9. The van der Waals surface area contributed by atoms with Crippen molar-refractivity contribution in [2.45, 2.75) is 6.54 Å². The van der Waals surface area contributed by atoms with Crippen LogP contribution in [0.5, 0.6) is 5.75 Å². The summed E-state index contributed by atoms with van der Waals surface area (Å²) >= 11 is 0. The molecular weight excluding hydrogens is 244 g/mol. The summed E-state index contributed by atoms with van der Waals surface area (Å²) in [6.45, 7) is 0.595. The van der Waals surface area contributed by atoms with Crippen molar-refractivity contribution < 1.29 is 4.74 Å². The molecular formula is C12H16N6O. The lowest BCUT2D eigenvalue weighted by molar-refractivity contribution is 0.414. The van der Waals surface area contributed by atoms with E-state index in [9.17, 15) is 0 Å². The van der Waals surface area contributed by atoms with Gasteiger partial charge in [0.2, 0.25) is 5.95 Å². The highest BCUT2D eigenvalue weighted by Crippen LogP contribution is 2.15. The summed E-state index contributed by atoms with van der Waals surface area (Å²) in [7, 11) is 1.64. The molecule has 0 atom stereocenters. The van der Waals surface area contributed by atoms with Crippen LogP contribution in [0.4, 0.5) is 17.6 Å². The summed E-state index contributed by atoms with van der Waals surface area (Å²) in [6, 6.07) is 9.43. The number of hydrogen-bond donors (Lipinski definition) is 4. The zero-order valence-corrected chi connectivity index (χ0v) is 10.6. The SMILES string of the molecule is COc1cccc(CNc2cc(NN)nc(N)n2)c1. The highest BCUT2D eigenvalue weighted by atomic mass is 16.5. The standard InChI is InChI=1S/C12H16N6O/c1-19-9-4-2-3-8(5-9)7-15-10-6-11(18-14)17-12(13)16-10/h2-6H,7,14H2,1H3,(H4,13,15,16,17,18). The van der Waals surface area contributed by atoms with Crippen LogP contribution in [0.1, 0.15) is 5.56 Å². The Kier molecular flexibility index (Phi) is 3.99. The van der Waals surface area contributed by atoms with Gasteiger partial charge in [-0.15, -0.1) is 0 Å². The van der Waals surface area contributed by atoms with Gasteiger partial charge in [0, 0.05) is 12.6 Å². The maximum atomic E-state index is 5.57. The van der Waals surface area contributed by atoms with Crippen LogP contribution in [0.15, 0.2) is 30.3 Å². The second-order valence-electron chi connectivity index (χ2n) is 3.85. The molecule has 6 N–H and O–H groups in total. The van der Waals surface area contributed by atoms with E-state index in [1.807, 2.05) is 24.3 Å². The van der Waals surface area contributed by atoms with Crippen LogP contribution in [-0.2, 0) is 6.54 Å². The van der Waals surface area contributed by atoms with Gasteiger partial charge in [-0.1, -0.05) is 12.1 Å². The van der Waals surface area contributed by atoms with Gasteiger partial charge in [0.15, 0.2) is 0 Å². The Balaban J connectivity index is 2.07. The Hall–Kier alpha value is -2.54. The van der Waals surface area contributed by atoms with Crippen LogP contribution in [0.25, 0.3) is 0 Å². The second-order valence-corrected chi connectivity index (χ2v) is 3.85. The van der Waals surface area contributed by atoms with Crippen molar-refractivity contribution in [1.29, 1.82) is 0 Å². The lowest BCUT2D eigenvalue weighted by Crippen LogP contribution is -2.12. The number of nitrogens with zero attached hydrogens (tertiary/aromatic N) is 2. The molecule has 7 heteroatoms. The van der Waals surface area contributed by atoms with Crippen molar-refractivity contribution in [2.75, 3.05) is 23.6 Å². The fourth-order valence-corrected chi connectivity index (χ4v) is 1.61. The number of hydrogen-bond acceptors (Lipinski definition) is 7. The average Bonchev–Trinajstić information content (AvgIpc) is 2.44. The molecule has 19 heavy (non-hydrogen) atoms. The van der Waals surface area contributed by atoms with Crippen LogP contribution in [0.3, 0.4) is 0 Å². The highest BCUT2D eigenvalue weighted by molar-refractivity contribution is 5.50. The normalized spacial score (nSPS) is 10.0. The first-order valence-electron chi connectivity index (χ1n) is 5.69. The minimum Gasteiger partial charge on any atom is -0.497 e. The molecule has 1 aromatic heterocycles. The summed E-state index contributed by atoms with van der Waals surface area (Å²) in [5.41, 5.74) is 9.07. The Labute approximate surface area is 111 Å². The zero-order chi connectivity index (χ0) is 13.7. The Morgan fingerprint density at radius 3 is 2.74 bits per heavy atom. The van der Waals surface area contributed by atoms with Crippen LogP contribution >= 0.6 is 0 Å². The number of anilines is 3. The minimum atomic E-state index is 0.156. The molecule has 0 saturated heterocycles. The molecule has 100 valence electrons. The molecule has 1 heterocycles. The van der Waals surface area contributed by atoms with Crippen molar-refractivity contribution in [1.82, 2.24) is 9.97 Å². The maximum absolute atomic E-state index is 5.57. The van der Waals surface area contributed by atoms with Crippen LogP contribution in [0.2, 0.25) is 0 Å². The molecule has 0 spiro atoms. The summed E-state index contributed by atoms with van der Waals surface area (Å²) in [5, 5.41) is 3.15. The predicted molar refractivity (Wildman–Crippen MR) is 74.6 cm³/mol. The van der Waals surface area contributed by atoms with E-state index in [2.05, 4.69) is 20.7 Å². The summed E-state index contributed by atoms with van der Waals surface area (Å²) in [4.78, 5) is 7.97. The average molecular weight is 260 g/mol. The van der Waals surface area contributed by atoms with Crippen molar-refractivity contribution in [3.63, 3.8) is 0 Å². The van der Waals surface area contributed by atoms with E-state index in [1.54, 1.807) is 13.2 Å². The van der Waals surface area contributed by atoms with Crippen molar-refractivity contribution in [3.05, 3.63) is 35.9 Å². The first-order valence-corrected chi connectivity index (χ1v) is 5.69. The van der Waals surface area contributed by atoms with Gasteiger partial charge < -0.3 is 21.2 Å². The number of methoxy groups -OCH3 is 1. The predicted octanol–water partition coefficient (Wildman–Crippen LogP) is 0.965. The number of hydrazine groups is 1. The molecule has 7 nitrogen and oxygen atoms in total. The highest BCUT2D eigenvalue weighted by Gasteiger charge is 2.02. The lowest BCUT2D eigenvalue weighted by Gasteiger charge is -2.09. The van der Waals surface area contributed by atoms with Gasteiger partial charge in [-0.3, -0.25) is 0 Å². The van der Waals surface area contributed by atoms with Crippen LogP contribution in [0, 0.1) is 0 Å². The molecule has 0 radical (unpaired) electrons. The van der Waals surface area contributed by atoms with E-state index in [0.29, 0.717) is 18.2 Å². The smallest absolute Gasteiger partial charge is 0.223 e. The topological polar surface area (TPSA) is 111 Å². The third-order valence-corrected chi connectivity index (χ3v) is 2.50. The zero-order valence-electron chi connectivity index (χ0n) is 10.6. The number of nitrogens with two attached hydrogens (primary N) is 2. The molecule has 0 aliphatic rings. The molecule has 0 fully saturated rings. The Morgan fingerprint density at radius 1 is 1.21 bits per heavy atom. The van der Waals surface area contributed by atoms with E-state index in [-0.39, 0.29) is 5.95 Å². The second kappa shape index (κ2) is 5.87. The molecule has 1 aromatic carbocycles. The van der Waals surface area contributed by atoms with E-state index in [4.69, 9.17) is 16.3 Å². The molecule has 0 aliphatic carbocycles. The van der Waals surface area contributed by atoms with Gasteiger partial charge in [-0.25, -0.2) is 5.84 Å². The van der Waals surface area contributed by atoms with Gasteiger partial charge >= 0.3 is 0 Å². The number of nitrogen functional groups attached to an aromatic ring is 2. The lowest BCUT2D eigenvalue weighted by atomic mass is 10.2. The van der Waals surface area contributed by atoms with E-state index in [1.165, 1.54) is 0 Å². The van der Waals surface area contributed by atoms with E-state index in [0.717, 1.165) is 11.3 Å². The van der Waals surface area contributed by atoms with Gasteiger partial charge in [0.05, 0.1) is 7.11 Å². The van der Waals surface area contributed by atoms with Gasteiger partial charge in [0.25, 0.3) is 0 Å². The molecule has 0 unspecified atom stereocenters. The molecule has 0 aliphatic heterocycles. The number of benzene rings is 1. The number of nitrogens with one attached hydrogen (secondary N) is 2. The molecule has 0 saturated carbocycles. The first-order chi connectivity index (χ1) is 9.21. The third kappa shape index (κ3) is 3.46. The van der Waals surface area contributed by atoms with Crippen molar-refractivity contribution in [3.8, 4) is 5.75 Å². The largest absolute Gasteiger partial charge is 0.497 e. The number of aromatic nitrogens is 2. The Bertz CT molecular complexity index is 560. The fraction of sp³-hybridized carbons (Fsp3) is 0.167. The summed E-state index contributed by atoms with van der Waals surface area (Å²) in [6.07, 6.45) is 0. The quantitative estimate of drug-likeness (QED) is 0.468. The number of rotatable bonds is 5. The van der Waals surface area contributed by atoms with E-state index >= 15 is 0 Å². The molecule has 2 aromatic rings. The van der Waals surface area contributed by atoms with Crippen LogP contribution < -0.4 is 27.1 Å². The van der Waals surface area contributed by atoms with Crippen molar-refractivity contribution >= 4 is 17.6 Å². The summed E-state index contributed by atoms with van der Waals surface area (Å²) < 4.78 is 5.16. The maximum Gasteiger partial charge on any atom is 0.223 e. The van der Waals surface area contributed by atoms with Gasteiger partial charge in [-0.05, 0) is 17.7 Å². The van der Waals surface area contributed by atoms with Crippen LogP contribution in [-0.4, -0.2) is 17.1 Å². The molecule has 0 bridgehead atoms. The van der Waals surface area contributed by atoms with Crippen molar-refractivity contribution in [2.24, 2.45) is 5.84 Å². The minimum absolute atomic E-state index is 0.156. The number of ether oxygens (including phenoxy) is 1. The van der Waals surface area contributed by atoms with E-state index < -0.39 is 0 Å². The van der Waals surface area contributed by atoms with Gasteiger partial charge in [0.1, 0.15) is 17.4 Å². The summed E-state index contributed by atoms with van der Waals surface area (Å²) in [5.74, 6) is 7.32. The fourth-order valence-electron chi connectivity index (χ4n) is 1.61.